The molecule has 0 bridgehead atoms. The Bertz CT molecular complexity index is 548. The molecule has 0 saturated heterocycles. The Balaban J connectivity index is 3.35. The highest BCUT2D eigenvalue weighted by molar-refractivity contribution is 5.66. The van der Waals surface area contributed by atoms with Gasteiger partial charge in [-0.05, 0) is 51.2 Å². The Hall–Kier alpha value is -1.68. The van der Waals surface area contributed by atoms with E-state index < -0.39 is 0 Å². The molecule has 1 aromatic carbocycles. The number of methoxy groups -OCH3 is 2. The lowest BCUT2D eigenvalue weighted by atomic mass is 9.85. The molecule has 0 saturated carbocycles. The molecule has 4 heteroatoms. The molecule has 0 amide bonds. The lowest BCUT2D eigenvalue weighted by molar-refractivity contribution is 0.256. The number of allylic oxidation sites excluding steroid dienone is 2. The van der Waals surface area contributed by atoms with E-state index in [0.717, 1.165) is 29.7 Å². The molecule has 0 aliphatic rings. The van der Waals surface area contributed by atoms with Crippen LogP contribution < -0.4 is 15.2 Å². The van der Waals surface area contributed by atoms with Crippen LogP contribution in [0.15, 0.2) is 17.7 Å². The van der Waals surface area contributed by atoms with Gasteiger partial charge in [0.25, 0.3) is 0 Å². The van der Waals surface area contributed by atoms with Crippen LogP contribution in [0.3, 0.4) is 0 Å². The van der Waals surface area contributed by atoms with E-state index in [0.29, 0.717) is 17.4 Å². The van der Waals surface area contributed by atoms with Crippen molar-refractivity contribution in [2.75, 3.05) is 26.6 Å². The highest BCUT2D eigenvalue weighted by Crippen LogP contribution is 2.42. The van der Waals surface area contributed by atoms with E-state index in [1.54, 1.807) is 14.2 Å². The number of nitrogen functional groups attached to an aromatic ring is 1. The third-order valence-corrected chi connectivity index (χ3v) is 4.20. The van der Waals surface area contributed by atoms with Gasteiger partial charge in [0, 0.05) is 23.8 Å². The molecular weight excluding hydrogens is 290 g/mol. The zero-order valence-electron chi connectivity index (χ0n) is 15.3. The number of ether oxygens (including phenoxy) is 2. The zero-order valence-corrected chi connectivity index (χ0v) is 15.3. The minimum absolute atomic E-state index is 0.194. The van der Waals surface area contributed by atoms with Crippen LogP contribution in [0.25, 0.3) is 0 Å². The van der Waals surface area contributed by atoms with Gasteiger partial charge >= 0.3 is 0 Å². The summed E-state index contributed by atoms with van der Waals surface area (Å²) in [6.45, 7) is 8.51. The molecule has 0 radical (unpaired) electrons. The van der Waals surface area contributed by atoms with Gasteiger partial charge < -0.3 is 20.3 Å². The molecule has 23 heavy (non-hydrogen) atoms. The van der Waals surface area contributed by atoms with E-state index in [9.17, 15) is 5.11 Å². The van der Waals surface area contributed by atoms with E-state index in [1.807, 2.05) is 13.0 Å². The van der Waals surface area contributed by atoms with Crippen molar-refractivity contribution in [3.05, 3.63) is 28.8 Å². The van der Waals surface area contributed by atoms with E-state index in [4.69, 9.17) is 15.2 Å². The Morgan fingerprint density at radius 3 is 2.43 bits per heavy atom. The molecule has 0 fully saturated rings. The molecule has 1 aromatic rings. The predicted molar refractivity (Wildman–Crippen MR) is 96.4 cm³/mol. The number of aliphatic hydroxyl groups is 1. The molecule has 130 valence electrons. The third-order valence-electron chi connectivity index (χ3n) is 4.20. The maximum absolute atomic E-state index is 9.17. The first-order chi connectivity index (χ1) is 10.8. The van der Waals surface area contributed by atoms with Gasteiger partial charge in [0.2, 0.25) is 0 Å². The second-order valence-electron chi connectivity index (χ2n) is 6.44. The molecule has 1 rings (SSSR count). The molecule has 0 aromatic heterocycles. The van der Waals surface area contributed by atoms with Crippen molar-refractivity contribution in [3.63, 3.8) is 0 Å². The number of benzene rings is 1. The summed E-state index contributed by atoms with van der Waals surface area (Å²) in [4.78, 5) is 0. The Morgan fingerprint density at radius 2 is 1.96 bits per heavy atom. The Kier molecular flexibility index (Phi) is 7.43. The number of hydrogen-bond donors (Lipinski definition) is 2. The summed E-state index contributed by atoms with van der Waals surface area (Å²) in [5.74, 6) is 2.00. The molecule has 3 N–H and O–H groups in total. The molecule has 0 spiro atoms. The molecule has 0 aliphatic carbocycles. The van der Waals surface area contributed by atoms with Crippen LogP contribution in [0.2, 0.25) is 0 Å². The second kappa shape index (κ2) is 8.82. The van der Waals surface area contributed by atoms with Crippen LogP contribution in [0.5, 0.6) is 11.5 Å². The normalized spacial score (nSPS) is 13.3. The Labute approximate surface area is 140 Å². The van der Waals surface area contributed by atoms with Crippen molar-refractivity contribution in [1.82, 2.24) is 0 Å². The van der Waals surface area contributed by atoms with Crippen molar-refractivity contribution in [3.8, 4) is 11.5 Å². The van der Waals surface area contributed by atoms with Crippen LogP contribution in [0.1, 0.15) is 50.7 Å². The fraction of sp³-hybridized carbons (Fsp3) is 0.579. The average Bonchev–Trinajstić information content (AvgIpc) is 2.48. The summed E-state index contributed by atoms with van der Waals surface area (Å²) >= 11 is 0. The molecule has 2 atom stereocenters. The minimum Gasteiger partial charge on any atom is -0.493 e. The number of rotatable bonds is 8. The van der Waals surface area contributed by atoms with Crippen LogP contribution in [-0.4, -0.2) is 25.9 Å². The minimum atomic E-state index is 0.194. The number of nitrogens with two attached hydrogens (primary N) is 1. The summed E-state index contributed by atoms with van der Waals surface area (Å²) in [6.07, 6.45) is 3.97. The first kappa shape index (κ1) is 19.4. The van der Waals surface area contributed by atoms with Gasteiger partial charge in [-0.25, -0.2) is 0 Å². The van der Waals surface area contributed by atoms with E-state index in [-0.39, 0.29) is 12.5 Å². The van der Waals surface area contributed by atoms with Gasteiger partial charge in [0.1, 0.15) is 0 Å². The average molecular weight is 321 g/mol. The van der Waals surface area contributed by atoms with Gasteiger partial charge in [0.15, 0.2) is 11.5 Å². The van der Waals surface area contributed by atoms with Crippen LogP contribution >= 0.6 is 0 Å². The lowest BCUT2D eigenvalue weighted by Gasteiger charge is -2.23. The van der Waals surface area contributed by atoms with Crippen molar-refractivity contribution >= 4 is 5.69 Å². The zero-order chi connectivity index (χ0) is 17.6. The first-order valence-electron chi connectivity index (χ1n) is 8.12. The molecular formula is C19H31NO3. The standard InChI is InChI=1S/C19H31NO3/c1-12(2)9-15(10-13(3)7-8-21)16-11-17(22-5)19(23-6)14(4)18(16)20/h9,11,13,15,21H,7-8,10,20H2,1-6H3/t13-,15+/m0/s1. The van der Waals surface area contributed by atoms with E-state index in [1.165, 1.54) is 5.57 Å². The van der Waals surface area contributed by atoms with Gasteiger partial charge in [-0.3, -0.25) is 0 Å². The number of aliphatic hydroxyl groups excluding tert-OH is 1. The highest BCUT2D eigenvalue weighted by atomic mass is 16.5. The van der Waals surface area contributed by atoms with E-state index in [2.05, 4.69) is 26.8 Å². The molecule has 0 heterocycles. The number of anilines is 1. The third kappa shape index (κ3) is 4.90. The molecule has 4 nitrogen and oxygen atoms in total. The number of hydrogen-bond acceptors (Lipinski definition) is 4. The Morgan fingerprint density at radius 1 is 1.30 bits per heavy atom. The second-order valence-corrected chi connectivity index (χ2v) is 6.44. The summed E-state index contributed by atoms with van der Waals surface area (Å²) in [5, 5.41) is 9.17. The fourth-order valence-electron chi connectivity index (χ4n) is 2.98. The van der Waals surface area contributed by atoms with Crippen LogP contribution in [-0.2, 0) is 0 Å². The lowest BCUT2D eigenvalue weighted by Crippen LogP contribution is -2.10. The predicted octanol–water partition coefficient (Wildman–Crippen LogP) is 4.05. The van der Waals surface area contributed by atoms with Crippen molar-refractivity contribution < 1.29 is 14.6 Å². The maximum Gasteiger partial charge on any atom is 0.165 e. The SMILES string of the molecule is COc1cc([C@H](C=C(C)C)C[C@@H](C)CCO)c(N)c(C)c1OC. The molecule has 0 aliphatic heterocycles. The quantitative estimate of drug-likeness (QED) is 0.560. The summed E-state index contributed by atoms with van der Waals surface area (Å²) in [5.41, 5.74) is 10.4. The largest absolute Gasteiger partial charge is 0.493 e. The summed E-state index contributed by atoms with van der Waals surface area (Å²) < 4.78 is 10.9. The van der Waals surface area contributed by atoms with Crippen LogP contribution in [0.4, 0.5) is 5.69 Å². The van der Waals surface area contributed by atoms with Gasteiger partial charge in [-0.2, -0.15) is 0 Å². The monoisotopic (exact) mass is 321 g/mol. The fourth-order valence-corrected chi connectivity index (χ4v) is 2.98. The van der Waals surface area contributed by atoms with E-state index >= 15 is 0 Å². The van der Waals surface area contributed by atoms with Crippen molar-refractivity contribution in [2.45, 2.75) is 46.5 Å². The summed E-state index contributed by atoms with van der Waals surface area (Å²) in [7, 11) is 3.27. The van der Waals surface area contributed by atoms with Crippen molar-refractivity contribution in [2.24, 2.45) is 5.92 Å². The first-order valence-corrected chi connectivity index (χ1v) is 8.12. The highest BCUT2D eigenvalue weighted by Gasteiger charge is 2.21. The smallest absolute Gasteiger partial charge is 0.165 e. The van der Waals surface area contributed by atoms with Gasteiger partial charge in [0.05, 0.1) is 14.2 Å². The topological polar surface area (TPSA) is 64.7 Å². The van der Waals surface area contributed by atoms with Gasteiger partial charge in [-0.1, -0.05) is 18.6 Å². The maximum atomic E-state index is 9.17. The van der Waals surface area contributed by atoms with Gasteiger partial charge in [-0.15, -0.1) is 0 Å². The van der Waals surface area contributed by atoms with Crippen molar-refractivity contribution in [1.29, 1.82) is 0 Å². The summed E-state index contributed by atoms with van der Waals surface area (Å²) in [6, 6.07) is 1.98. The molecule has 0 unspecified atom stereocenters. The van der Waals surface area contributed by atoms with Crippen LogP contribution in [0, 0.1) is 12.8 Å².